The molecule has 0 bridgehead atoms. The van der Waals surface area contributed by atoms with Gasteiger partial charge < -0.3 is 15.6 Å². The summed E-state index contributed by atoms with van der Waals surface area (Å²) in [5.74, 6) is 0.789. The number of aromatic hydroxyl groups is 1. The lowest BCUT2D eigenvalue weighted by atomic mass is 10.2. The Bertz CT molecular complexity index is 549. The number of para-hydroxylation sites is 2. The molecule has 18 heavy (non-hydrogen) atoms. The highest BCUT2D eigenvalue weighted by molar-refractivity contribution is 5.49. The van der Waals surface area contributed by atoms with Crippen LogP contribution in [0.5, 0.6) is 11.6 Å². The Kier molecular flexibility index (Phi) is 3.53. The number of methoxy groups -OCH3 is 1. The first kappa shape index (κ1) is 12.4. The van der Waals surface area contributed by atoms with Crippen molar-refractivity contribution >= 4 is 0 Å². The van der Waals surface area contributed by atoms with Crippen LogP contribution >= 0.6 is 0 Å². The molecular formula is C13H17N3O2. The van der Waals surface area contributed by atoms with Gasteiger partial charge in [-0.05, 0) is 32.0 Å². The first-order valence-electron chi connectivity index (χ1n) is 5.80. The van der Waals surface area contributed by atoms with Gasteiger partial charge in [0.05, 0.1) is 12.8 Å². The minimum absolute atomic E-state index is 0.164. The van der Waals surface area contributed by atoms with Crippen molar-refractivity contribution in [2.45, 2.75) is 13.3 Å². The monoisotopic (exact) mass is 247 g/mol. The third kappa shape index (κ3) is 2.04. The van der Waals surface area contributed by atoms with E-state index in [4.69, 9.17) is 10.5 Å². The van der Waals surface area contributed by atoms with Gasteiger partial charge in [0, 0.05) is 5.56 Å². The Morgan fingerprint density at radius 1 is 1.39 bits per heavy atom. The van der Waals surface area contributed by atoms with Gasteiger partial charge >= 0.3 is 0 Å². The van der Waals surface area contributed by atoms with Crippen molar-refractivity contribution in [2.75, 3.05) is 13.7 Å². The molecule has 0 aliphatic carbocycles. The molecule has 1 aromatic carbocycles. The third-order valence-corrected chi connectivity index (χ3v) is 2.83. The summed E-state index contributed by atoms with van der Waals surface area (Å²) in [5.41, 5.74) is 8.02. The predicted octanol–water partition coefficient (Wildman–Crippen LogP) is 1.40. The molecule has 2 aromatic rings. The van der Waals surface area contributed by atoms with Crippen LogP contribution < -0.4 is 10.5 Å². The molecule has 0 atom stereocenters. The van der Waals surface area contributed by atoms with Crippen LogP contribution in [0.15, 0.2) is 24.3 Å². The van der Waals surface area contributed by atoms with Crippen LogP contribution in [0, 0.1) is 6.92 Å². The van der Waals surface area contributed by atoms with E-state index >= 15 is 0 Å². The molecule has 0 aliphatic rings. The van der Waals surface area contributed by atoms with E-state index in [-0.39, 0.29) is 5.75 Å². The topological polar surface area (TPSA) is 73.3 Å². The molecule has 0 amide bonds. The van der Waals surface area contributed by atoms with Crippen LogP contribution in [0.2, 0.25) is 0 Å². The van der Waals surface area contributed by atoms with Crippen LogP contribution in [-0.4, -0.2) is 28.5 Å². The maximum absolute atomic E-state index is 9.87. The number of rotatable bonds is 4. The second-order valence-electron chi connectivity index (χ2n) is 4.01. The maximum atomic E-state index is 9.87. The van der Waals surface area contributed by atoms with Crippen molar-refractivity contribution in [3.05, 3.63) is 35.5 Å². The molecule has 0 aliphatic heterocycles. The SMILES string of the molecule is COc1c(CCN)c(C)nn1-c1ccccc1O. The number of nitrogens with two attached hydrogens (primary N) is 1. The van der Waals surface area contributed by atoms with Crippen molar-refractivity contribution in [1.82, 2.24) is 9.78 Å². The molecule has 0 fully saturated rings. The predicted molar refractivity (Wildman–Crippen MR) is 69.3 cm³/mol. The lowest BCUT2D eigenvalue weighted by Gasteiger charge is -2.09. The first-order chi connectivity index (χ1) is 8.69. The standard InChI is InChI=1S/C13H17N3O2/c1-9-10(7-8-14)13(18-2)16(15-9)11-5-3-4-6-12(11)17/h3-6,17H,7-8,14H2,1-2H3. The highest BCUT2D eigenvalue weighted by Crippen LogP contribution is 2.29. The summed E-state index contributed by atoms with van der Waals surface area (Å²) in [7, 11) is 1.59. The zero-order chi connectivity index (χ0) is 13.1. The van der Waals surface area contributed by atoms with E-state index in [0.717, 1.165) is 11.3 Å². The van der Waals surface area contributed by atoms with Crippen molar-refractivity contribution in [3.8, 4) is 17.3 Å². The lowest BCUT2D eigenvalue weighted by Crippen LogP contribution is -2.05. The average molecular weight is 247 g/mol. The second kappa shape index (κ2) is 5.10. The number of nitrogens with zero attached hydrogens (tertiary/aromatic N) is 2. The highest BCUT2D eigenvalue weighted by atomic mass is 16.5. The fraction of sp³-hybridized carbons (Fsp3) is 0.308. The van der Waals surface area contributed by atoms with Crippen molar-refractivity contribution < 1.29 is 9.84 Å². The summed E-state index contributed by atoms with van der Waals surface area (Å²) >= 11 is 0. The number of hydrogen-bond acceptors (Lipinski definition) is 4. The smallest absolute Gasteiger partial charge is 0.220 e. The molecule has 1 heterocycles. The average Bonchev–Trinajstić information content (AvgIpc) is 2.67. The van der Waals surface area contributed by atoms with Crippen molar-refractivity contribution in [1.29, 1.82) is 0 Å². The molecule has 5 heteroatoms. The maximum Gasteiger partial charge on any atom is 0.220 e. The van der Waals surface area contributed by atoms with Gasteiger partial charge in [0.25, 0.3) is 0 Å². The Morgan fingerprint density at radius 2 is 2.11 bits per heavy atom. The van der Waals surface area contributed by atoms with E-state index in [2.05, 4.69) is 5.10 Å². The summed E-state index contributed by atoms with van der Waals surface area (Å²) in [6.07, 6.45) is 0.697. The third-order valence-electron chi connectivity index (χ3n) is 2.83. The zero-order valence-corrected chi connectivity index (χ0v) is 10.6. The number of phenolic OH excluding ortho intramolecular Hbond substituents is 1. The minimum atomic E-state index is 0.164. The Hall–Kier alpha value is -2.01. The summed E-state index contributed by atoms with van der Waals surface area (Å²) in [5, 5.41) is 14.3. The second-order valence-corrected chi connectivity index (χ2v) is 4.01. The molecule has 96 valence electrons. The first-order valence-corrected chi connectivity index (χ1v) is 5.80. The van der Waals surface area contributed by atoms with Gasteiger partial charge in [-0.3, -0.25) is 0 Å². The van der Waals surface area contributed by atoms with Gasteiger partial charge in [-0.15, -0.1) is 0 Å². The Balaban J connectivity index is 2.58. The number of benzene rings is 1. The fourth-order valence-electron chi connectivity index (χ4n) is 1.99. The molecule has 0 saturated carbocycles. The number of hydrogen-bond donors (Lipinski definition) is 2. The molecule has 0 spiro atoms. The summed E-state index contributed by atoms with van der Waals surface area (Å²) in [4.78, 5) is 0. The van der Waals surface area contributed by atoms with E-state index in [9.17, 15) is 5.11 Å². The van der Waals surface area contributed by atoms with Crippen molar-refractivity contribution in [2.24, 2.45) is 5.73 Å². The quantitative estimate of drug-likeness (QED) is 0.856. The normalized spacial score (nSPS) is 10.6. The molecule has 0 unspecified atom stereocenters. The van der Waals surface area contributed by atoms with Crippen LogP contribution in [0.3, 0.4) is 0 Å². The zero-order valence-electron chi connectivity index (χ0n) is 10.6. The van der Waals surface area contributed by atoms with E-state index in [0.29, 0.717) is 24.5 Å². The number of ether oxygens (including phenoxy) is 1. The summed E-state index contributed by atoms with van der Waals surface area (Å²) in [6, 6.07) is 7.02. The summed E-state index contributed by atoms with van der Waals surface area (Å²) in [6.45, 7) is 2.44. The molecule has 5 nitrogen and oxygen atoms in total. The molecule has 2 rings (SSSR count). The van der Waals surface area contributed by atoms with Crippen LogP contribution in [0.25, 0.3) is 5.69 Å². The van der Waals surface area contributed by atoms with E-state index < -0.39 is 0 Å². The van der Waals surface area contributed by atoms with Crippen molar-refractivity contribution in [3.63, 3.8) is 0 Å². The molecule has 0 saturated heterocycles. The largest absolute Gasteiger partial charge is 0.506 e. The fourth-order valence-corrected chi connectivity index (χ4v) is 1.99. The minimum Gasteiger partial charge on any atom is -0.506 e. The van der Waals surface area contributed by atoms with Crippen LogP contribution in [-0.2, 0) is 6.42 Å². The van der Waals surface area contributed by atoms with Gasteiger partial charge in [0.2, 0.25) is 5.88 Å². The number of aromatic nitrogens is 2. The van der Waals surface area contributed by atoms with E-state index in [1.807, 2.05) is 13.0 Å². The molecular weight excluding hydrogens is 230 g/mol. The van der Waals surface area contributed by atoms with Gasteiger partial charge in [0.15, 0.2) is 0 Å². The van der Waals surface area contributed by atoms with E-state index in [1.54, 1.807) is 30.0 Å². The molecule has 0 radical (unpaired) electrons. The van der Waals surface area contributed by atoms with E-state index in [1.165, 1.54) is 0 Å². The van der Waals surface area contributed by atoms with Gasteiger partial charge in [-0.2, -0.15) is 9.78 Å². The molecule has 1 aromatic heterocycles. The molecule has 3 N–H and O–H groups in total. The van der Waals surface area contributed by atoms with Crippen LogP contribution in [0.4, 0.5) is 0 Å². The van der Waals surface area contributed by atoms with Crippen LogP contribution in [0.1, 0.15) is 11.3 Å². The van der Waals surface area contributed by atoms with Gasteiger partial charge in [-0.1, -0.05) is 12.1 Å². The van der Waals surface area contributed by atoms with Gasteiger partial charge in [0.1, 0.15) is 11.4 Å². The summed E-state index contributed by atoms with van der Waals surface area (Å²) < 4.78 is 7.00. The number of phenols is 1. The lowest BCUT2D eigenvalue weighted by molar-refractivity contribution is 0.376. The number of aryl methyl sites for hydroxylation is 1. The van der Waals surface area contributed by atoms with Gasteiger partial charge in [-0.25, -0.2) is 0 Å². The Morgan fingerprint density at radius 3 is 2.72 bits per heavy atom. The Labute approximate surface area is 106 Å². The highest BCUT2D eigenvalue weighted by Gasteiger charge is 2.17.